The van der Waals surface area contributed by atoms with E-state index in [1.165, 1.54) is 24.7 Å². The van der Waals surface area contributed by atoms with Crippen LogP contribution < -0.4 is 0 Å². The molecule has 0 heterocycles. The van der Waals surface area contributed by atoms with Crippen molar-refractivity contribution >= 4 is 5.78 Å². The van der Waals surface area contributed by atoms with Crippen molar-refractivity contribution in [2.75, 3.05) is 0 Å². The molecule has 0 aromatic heterocycles. The molecule has 0 aromatic carbocycles. The Bertz CT molecular complexity index is 42.2. The second kappa shape index (κ2) is 2.77. The number of carbonyl (C=O) groups is 1. The van der Waals surface area contributed by atoms with Crippen LogP contribution in [0.25, 0.3) is 0 Å². The fraction of sp³-hybridized carbons (Fsp3) is 0.667. The normalized spacial score (nSPS) is 7.20. The summed E-state index contributed by atoms with van der Waals surface area (Å²) in [5.74, 6) is 0.295. The second-order valence-corrected chi connectivity index (χ2v) is 1.75. The van der Waals surface area contributed by atoms with Gasteiger partial charge < -0.3 is 0 Å². The zero-order valence-electron chi connectivity index (χ0n) is 3.12. The van der Waals surface area contributed by atoms with Crippen LogP contribution in [0.2, 0.25) is 4.13 Å². The van der Waals surface area contributed by atoms with Gasteiger partial charge in [-0.1, -0.05) is 0 Å². The summed E-state index contributed by atoms with van der Waals surface area (Å²) in [4.78, 5) is 9.84. The van der Waals surface area contributed by atoms with Gasteiger partial charge in [0.05, 0.1) is 0 Å². The van der Waals surface area contributed by atoms with Crippen molar-refractivity contribution < 1.29 is 29.5 Å². The molecule has 0 aromatic rings. The van der Waals surface area contributed by atoms with Gasteiger partial charge in [-0.05, 0) is 0 Å². The third kappa shape index (κ3) is 4.55. The summed E-state index contributed by atoms with van der Waals surface area (Å²) in [6, 6.07) is 0. The van der Waals surface area contributed by atoms with Crippen LogP contribution in [-0.4, -0.2) is 5.78 Å². The quantitative estimate of drug-likeness (QED) is 0.530. The van der Waals surface area contributed by atoms with Crippen LogP contribution >= 0.6 is 0 Å². The number of hydrogen-bond donors (Lipinski definition) is 0. The van der Waals surface area contributed by atoms with Crippen LogP contribution in [0.5, 0.6) is 0 Å². The number of carbonyl (C=O) groups excluding carboxylic acids is 1. The van der Waals surface area contributed by atoms with Crippen molar-refractivity contribution in [3.63, 3.8) is 0 Å². The Labute approximate surface area is 46.6 Å². The molecule has 0 N–H and O–H groups in total. The SMILES string of the molecule is CC(=O)[CH2][Zr]. The average Bonchev–Trinajstić information content (AvgIpc) is 1.38. The number of ketones is 1. The van der Waals surface area contributed by atoms with E-state index in [-0.39, 0.29) is 0 Å². The molecule has 0 bridgehead atoms. The molecule has 0 spiro atoms. The molecule has 0 saturated carbocycles. The van der Waals surface area contributed by atoms with Crippen LogP contribution in [-0.2, 0) is 29.5 Å². The van der Waals surface area contributed by atoms with Crippen LogP contribution in [0.4, 0.5) is 0 Å². The molecule has 0 fully saturated rings. The average molecular weight is 148 g/mol. The maximum atomic E-state index is 9.84. The molecule has 2 heteroatoms. The van der Waals surface area contributed by atoms with Gasteiger partial charge in [0, 0.05) is 0 Å². The molecule has 0 aliphatic heterocycles. The maximum absolute atomic E-state index is 9.84. The summed E-state index contributed by atoms with van der Waals surface area (Å²) in [5.41, 5.74) is 0. The molecule has 0 amide bonds. The Kier molecular flexibility index (Phi) is 3.08. The van der Waals surface area contributed by atoms with E-state index in [4.69, 9.17) is 0 Å². The van der Waals surface area contributed by atoms with Crippen LogP contribution in [0, 0.1) is 0 Å². The third-order valence-corrected chi connectivity index (χ3v) is 1.47. The zero-order chi connectivity index (χ0) is 4.28. The molecule has 0 saturated heterocycles. The minimum absolute atomic E-state index is 0.295. The molecule has 0 atom stereocenters. The molecule has 1 nitrogen and oxygen atoms in total. The summed E-state index contributed by atoms with van der Waals surface area (Å²) < 4.78 is 0.757. The number of Topliss-reactive ketones (excluding diaryl/α,β-unsaturated/α-hetero) is 1. The van der Waals surface area contributed by atoms with Gasteiger partial charge in [-0.25, -0.2) is 0 Å². The molecule has 0 rings (SSSR count). The van der Waals surface area contributed by atoms with Gasteiger partial charge in [0.2, 0.25) is 0 Å². The van der Waals surface area contributed by atoms with Gasteiger partial charge in [-0.3, -0.25) is 0 Å². The predicted octanol–water partition coefficient (Wildman–Crippen LogP) is 0.540. The molecule has 0 aliphatic carbocycles. The minimum atomic E-state index is 0.295. The number of hydrogen-bond acceptors (Lipinski definition) is 1. The van der Waals surface area contributed by atoms with E-state index in [9.17, 15) is 4.79 Å². The first-order valence-electron chi connectivity index (χ1n) is 1.41. The first kappa shape index (κ1) is 5.55. The van der Waals surface area contributed by atoms with Crippen LogP contribution in [0.1, 0.15) is 6.92 Å². The summed E-state index contributed by atoms with van der Waals surface area (Å²) in [6.45, 7) is 1.61. The third-order valence-electron chi connectivity index (χ3n) is 0.249. The second-order valence-electron chi connectivity index (χ2n) is 0.879. The van der Waals surface area contributed by atoms with Gasteiger partial charge in [0.15, 0.2) is 0 Å². The molecule has 5 heavy (non-hydrogen) atoms. The van der Waals surface area contributed by atoms with Crippen molar-refractivity contribution in [2.24, 2.45) is 0 Å². The van der Waals surface area contributed by atoms with E-state index in [1.54, 1.807) is 6.92 Å². The first-order valence-corrected chi connectivity index (χ1v) is 3.15. The van der Waals surface area contributed by atoms with Gasteiger partial charge in [0.25, 0.3) is 0 Å². The summed E-state index contributed by atoms with van der Waals surface area (Å²) in [6.07, 6.45) is 0. The van der Waals surface area contributed by atoms with Gasteiger partial charge in [-0.15, -0.1) is 0 Å². The Morgan fingerprint density at radius 2 is 2.20 bits per heavy atom. The molecule has 0 radical (unpaired) electrons. The molecular weight excluding hydrogens is 143 g/mol. The molecule has 27 valence electrons. The fourth-order valence-corrected chi connectivity index (χ4v) is 0. The molecule has 0 aliphatic rings. The predicted molar refractivity (Wildman–Crippen MR) is 15.5 cm³/mol. The van der Waals surface area contributed by atoms with E-state index in [0.717, 1.165) is 4.13 Å². The van der Waals surface area contributed by atoms with Crippen LogP contribution in [0.3, 0.4) is 0 Å². The Balaban J connectivity index is 2.85. The van der Waals surface area contributed by atoms with Gasteiger partial charge >= 0.3 is 46.3 Å². The molecule has 0 unspecified atom stereocenters. The standard InChI is InChI=1S/C3H5O.Zr/c1-3(2)4;/h1H2,2H3;. The topological polar surface area (TPSA) is 17.1 Å². The number of rotatable bonds is 1. The van der Waals surface area contributed by atoms with E-state index < -0.39 is 0 Å². The monoisotopic (exact) mass is 147 g/mol. The van der Waals surface area contributed by atoms with E-state index in [1.807, 2.05) is 0 Å². The Hall–Kier alpha value is 0.553. The summed E-state index contributed by atoms with van der Waals surface area (Å²) >= 11 is 1.31. The van der Waals surface area contributed by atoms with Crippen molar-refractivity contribution in [3.05, 3.63) is 0 Å². The first-order chi connectivity index (χ1) is 2.27. The van der Waals surface area contributed by atoms with Crippen molar-refractivity contribution in [1.29, 1.82) is 0 Å². The molecular formula is C3H5OZr. The van der Waals surface area contributed by atoms with Gasteiger partial charge in [-0.2, -0.15) is 0 Å². The van der Waals surface area contributed by atoms with E-state index in [0.29, 0.717) is 5.78 Å². The summed E-state index contributed by atoms with van der Waals surface area (Å²) in [7, 11) is 0. The van der Waals surface area contributed by atoms with Crippen molar-refractivity contribution in [1.82, 2.24) is 0 Å². The van der Waals surface area contributed by atoms with Crippen LogP contribution in [0.15, 0.2) is 0 Å². The van der Waals surface area contributed by atoms with Gasteiger partial charge in [0.1, 0.15) is 0 Å². The zero-order valence-corrected chi connectivity index (χ0v) is 5.57. The van der Waals surface area contributed by atoms with Crippen molar-refractivity contribution in [2.45, 2.75) is 11.1 Å². The fourth-order valence-electron chi connectivity index (χ4n) is 0. The Morgan fingerprint density at radius 1 is 2.00 bits per heavy atom. The van der Waals surface area contributed by atoms with Crippen molar-refractivity contribution in [3.8, 4) is 0 Å². The Morgan fingerprint density at radius 3 is 2.20 bits per heavy atom. The van der Waals surface area contributed by atoms with E-state index in [2.05, 4.69) is 0 Å². The summed E-state index contributed by atoms with van der Waals surface area (Å²) in [5, 5.41) is 0. The van der Waals surface area contributed by atoms with E-state index >= 15 is 0 Å².